The van der Waals surface area contributed by atoms with Gasteiger partial charge in [0.2, 0.25) is 12.0 Å². The first-order valence-electron chi connectivity index (χ1n) is 8.14. The number of benzene rings is 1. The number of hydrogen-bond donors (Lipinski definition) is 1. The van der Waals surface area contributed by atoms with E-state index in [4.69, 9.17) is 9.31 Å². The van der Waals surface area contributed by atoms with E-state index >= 15 is 0 Å². The third-order valence-electron chi connectivity index (χ3n) is 4.54. The quantitative estimate of drug-likeness (QED) is 0.507. The molecule has 2 rings (SSSR count). The Morgan fingerprint density at radius 3 is 2.40 bits per heavy atom. The Kier molecular flexibility index (Phi) is 5.63. The van der Waals surface area contributed by atoms with Crippen molar-refractivity contribution in [1.29, 1.82) is 0 Å². The lowest BCUT2D eigenvalue weighted by atomic mass is 9.76. The summed E-state index contributed by atoms with van der Waals surface area (Å²) in [5.41, 5.74) is 0.971. The van der Waals surface area contributed by atoms with Crippen LogP contribution in [0.15, 0.2) is 34.7 Å². The Hall–Kier alpha value is -2.21. The molecule has 0 spiro atoms. The molecule has 0 bridgehead atoms. The molecule has 25 heavy (non-hydrogen) atoms. The fraction of sp³-hybridized carbons (Fsp3) is 0.444. The normalized spacial score (nSPS) is 18.6. The number of carbonyl (C=O) groups excluding carboxylic acids is 2. The van der Waals surface area contributed by atoms with Crippen molar-refractivity contribution in [2.45, 2.75) is 45.8 Å². The van der Waals surface area contributed by atoms with Gasteiger partial charge in [-0.25, -0.2) is 4.79 Å². The van der Waals surface area contributed by atoms with E-state index in [1.54, 1.807) is 18.2 Å². The molecule has 6 nitrogen and oxygen atoms in total. The molecule has 1 aliphatic heterocycles. The van der Waals surface area contributed by atoms with Crippen molar-refractivity contribution in [3.8, 4) is 0 Å². The molecule has 1 amide bonds. The van der Waals surface area contributed by atoms with Gasteiger partial charge < -0.3 is 14.6 Å². The van der Waals surface area contributed by atoms with Crippen molar-refractivity contribution in [3.63, 3.8) is 0 Å². The zero-order valence-electron chi connectivity index (χ0n) is 15.3. The van der Waals surface area contributed by atoms with Crippen LogP contribution in [-0.4, -0.2) is 36.9 Å². The first kappa shape index (κ1) is 19.1. The molecule has 0 aliphatic carbocycles. The largest absolute Gasteiger partial charge is 0.492 e. The van der Waals surface area contributed by atoms with E-state index in [0.717, 1.165) is 11.0 Å². The monoisotopic (exact) mass is 342 g/mol. The molecule has 0 unspecified atom stereocenters. The minimum Gasteiger partial charge on any atom is -0.400 e. The predicted octanol–water partition coefficient (Wildman–Crippen LogP) is 2.80. The molecule has 132 valence electrons. The zero-order valence-corrected chi connectivity index (χ0v) is 15.3. The maximum Gasteiger partial charge on any atom is 0.492 e. The first-order chi connectivity index (χ1) is 11.7. The van der Waals surface area contributed by atoms with E-state index < -0.39 is 18.3 Å². The average Bonchev–Trinajstić information content (AvgIpc) is 2.73. The lowest BCUT2D eigenvalue weighted by molar-refractivity contribution is -0.118. The number of nitrogens with zero attached hydrogens (tertiary/aromatic N) is 1. The van der Waals surface area contributed by atoms with Crippen LogP contribution >= 0.6 is 0 Å². The molecular weight excluding hydrogens is 319 g/mol. The number of para-hydroxylation sites is 1. The number of rotatable bonds is 5. The number of nitrogens with one attached hydrogen (secondary N) is 1. The smallest absolute Gasteiger partial charge is 0.400 e. The van der Waals surface area contributed by atoms with E-state index in [-0.39, 0.29) is 12.5 Å². The highest BCUT2D eigenvalue weighted by molar-refractivity contribution is 6.56. The number of isocyanates is 1. The number of aliphatic imine (C=N–C) groups is 1. The van der Waals surface area contributed by atoms with Crippen molar-refractivity contribution in [2.24, 2.45) is 4.99 Å². The molecule has 1 fully saturated rings. The third kappa shape index (κ3) is 4.45. The summed E-state index contributed by atoms with van der Waals surface area (Å²) in [5, 5.41) is 2.77. The summed E-state index contributed by atoms with van der Waals surface area (Å²) >= 11 is 0. The van der Waals surface area contributed by atoms with Crippen LogP contribution in [0, 0.1) is 0 Å². The summed E-state index contributed by atoms with van der Waals surface area (Å²) in [6.07, 6.45) is 3.38. The highest BCUT2D eigenvalue weighted by Gasteiger charge is 2.52. The van der Waals surface area contributed by atoms with Crippen LogP contribution in [0.2, 0.25) is 0 Å². The molecule has 1 aromatic rings. The van der Waals surface area contributed by atoms with Crippen LogP contribution in [0.4, 0.5) is 5.69 Å². The maximum atomic E-state index is 11.3. The van der Waals surface area contributed by atoms with Gasteiger partial charge in [-0.15, -0.1) is 0 Å². The van der Waals surface area contributed by atoms with Crippen molar-refractivity contribution in [3.05, 3.63) is 35.3 Å². The first-order valence-corrected chi connectivity index (χ1v) is 8.14. The Labute approximate surface area is 148 Å². The summed E-state index contributed by atoms with van der Waals surface area (Å²) in [5.74, 6) is -0.151. The van der Waals surface area contributed by atoms with Gasteiger partial charge in [-0.05, 0) is 39.2 Å². The molecule has 1 saturated heterocycles. The van der Waals surface area contributed by atoms with Gasteiger partial charge in [-0.3, -0.25) is 4.79 Å². The van der Waals surface area contributed by atoms with Crippen LogP contribution in [0.3, 0.4) is 0 Å². The topological polar surface area (TPSA) is 77.0 Å². The Morgan fingerprint density at radius 1 is 1.24 bits per heavy atom. The van der Waals surface area contributed by atoms with Crippen molar-refractivity contribution in [2.75, 3.05) is 6.54 Å². The predicted molar refractivity (Wildman–Crippen MR) is 97.0 cm³/mol. The number of hydrogen-bond acceptors (Lipinski definition) is 5. The highest BCUT2D eigenvalue weighted by Crippen LogP contribution is 2.39. The summed E-state index contributed by atoms with van der Waals surface area (Å²) < 4.78 is 12.2. The van der Waals surface area contributed by atoms with E-state index in [1.165, 1.54) is 6.92 Å². The van der Waals surface area contributed by atoms with E-state index in [2.05, 4.69) is 10.3 Å². The highest BCUT2D eigenvalue weighted by atomic mass is 16.7. The van der Waals surface area contributed by atoms with E-state index in [1.807, 2.05) is 45.9 Å². The minimum atomic E-state index is -0.606. The summed E-state index contributed by atoms with van der Waals surface area (Å²) in [6, 6.07) is 7.18. The lowest BCUT2D eigenvalue weighted by Crippen LogP contribution is -2.41. The van der Waals surface area contributed by atoms with Crippen molar-refractivity contribution >= 4 is 30.9 Å². The number of amides is 1. The third-order valence-corrected chi connectivity index (χ3v) is 4.54. The molecule has 0 aromatic heterocycles. The summed E-state index contributed by atoms with van der Waals surface area (Å²) in [6.45, 7) is 9.58. The van der Waals surface area contributed by atoms with Crippen LogP contribution in [0.25, 0.3) is 6.08 Å². The van der Waals surface area contributed by atoms with E-state index in [0.29, 0.717) is 5.69 Å². The fourth-order valence-electron chi connectivity index (χ4n) is 2.38. The molecule has 1 aromatic carbocycles. The van der Waals surface area contributed by atoms with Gasteiger partial charge in [0, 0.05) is 19.0 Å². The minimum absolute atomic E-state index is 0.151. The van der Waals surface area contributed by atoms with Gasteiger partial charge in [0.25, 0.3) is 0 Å². The van der Waals surface area contributed by atoms with Gasteiger partial charge in [-0.1, -0.05) is 24.3 Å². The molecule has 1 N–H and O–H groups in total. The Bertz CT molecular complexity index is 720. The number of carbonyl (C=O) groups is 1. The molecule has 0 atom stereocenters. The van der Waals surface area contributed by atoms with E-state index in [9.17, 15) is 9.59 Å². The van der Waals surface area contributed by atoms with Gasteiger partial charge in [-0.2, -0.15) is 4.99 Å². The summed E-state index contributed by atoms with van der Waals surface area (Å²) in [4.78, 5) is 25.7. The second-order valence-electron chi connectivity index (χ2n) is 6.98. The molecule has 0 saturated carbocycles. The lowest BCUT2D eigenvalue weighted by Gasteiger charge is -2.32. The molecule has 7 heteroatoms. The zero-order chi connectivity index (χ0) is 18.7. The van der Waals surface area contributed by atoms with Gasteiger partial charge in [0.1, 0.15) is 0 Å². The van der Waals surface area contributed by atoms with Crippen LogP contribution in [0.5, 0.6) is 0 Å². The van der Waals surface area contributed by atoms with Gasteiger partial charge in [0.15, 0.2) is 0 Å². The molecule has 1 heterocycles. The Balaban J connectivity index is 2.40. The van der Waals surface area contributed by atoms with Crippen LogP contribution < -0.4 is 5.32 Å². The SMILES string of the molecule is CC(=O)NCC(=Cc1ccccc1N=C=O)B1OC(C)(C)C(C)(C)O1. The molecular formula is C18H23BN2O4. The van der Waals surface area contributed by atoms with Crippen molar-refractivity contribution < 1.29 is 18.9 Å². The molecule has 1 aliphatic rings. The second-order valence-corrected chi connectivity index (χ2v) is 6.98. The molecule has 0 radical (unpaired) electrons. The Morgan fingerprint density at radius 2 is 1.84 bits per heavy atom. The van der Waals surface area contributed by atoms with Crippen LogP contribution in [0.1, 0.15) is 40.2 Å². The van der Waals surface area contributed by atoms with Gasteiger partial charge >= 0.3 is 7.12 Å². The maximum absolute atomic E-state index is 11.3. The average molecular weight is 342 g/mol. The second kappa shape index (κ2) is 7.36. The standard InChI is InChI=1S/C18H23BN2O4/c1-13(23)20-11-15(19-24-17(2,3)18(4,5)25-19)10-14-8-6-7-9-16(14)21-12-22/h6-10H,11H2,1-5H3,(H,20,23). The van der Waals surface area contributed by atoms with Crippen molar-refractivity contribution in [1.82, 2.24) is 5.32 Å². The van der Waals surface area contributed by atoms with Gasteiger partial charge in [0.05, 0.1) is 16.9 Å². The fourth-order valence-corrected chi connectivity index (χ4v) is 2.38. The van der Waals surface area contributed by atoms with Crippen LogP contribution in [-0.2, 0) is 18.9 Å². The summed E-state index contributed by atoms with van der Waals surface area (Å²) in [7, 11) is -0.606.